The third kappa shape index (κ3) is 5.95. The van der Waals surface area contributed by atoms with Crippen molar-refractivity contribution in [1.82, 2.24) is 15.0 Å². The number of nitrogens with zero attached hydrogens (tertiary/aromatic N) is 4. The van der Waals surface area contributed by atoms with Gasteiger partial charge in [-0.15, -0.1) is 0 Å². The predicted molar refractivity (Wildman–Crippen MR) is 110 cm³/mol. The van der Waals surface area contributed by atoms with Crippen LogP contribution in [0.25, 0.3) is 0 Å². The minimum Gasteiger partial charge on any atom is -0.492 e. The van der Waals surface area contributed by atoms with Crippen LogP contribution < -0.4 is 21.1 Å². The summed E-state index contributed by atoms with van der Waals surface area (Å²) in [5.74, 6) is -1.36. The first-order valence-corrected chi connectivity index (χ1v) is 9.16. The number of halogens is 2. The number of anilines is 3. The van der Waals surface area contributed by atoms with E-state index >= 15 is 0 Å². The lowest BCUT2D eigenvalue weighted by Gasteiger charge is -2.15. The molecule has 0 radical (unpaired) electrons. The van der Waals surface area contributed by atoms with Crippen molar-refractivity contribution in [3.8, 4) is 5.75 Å². The molecule has 1 aromatic heterocycles. The standard InChI is InChI=1S/C19H19F2N7O3/c1-11(12-2-4-13(5-3-12)28(29)30)24-19-26-17(22)25-18(27-19)23-8-9-31-14-6-7-15(20)16(21)10-14/h2-7,10-11H,8-9H2,1H3,(H4,22,23,24,25,26,27)/t11-/m0/s1. The van der Waals surface area contributed by atoms with E-state index in [1.807, 2.05) is 6.92 Å². The molecule has 0 aliphatic carbocycles. The van der Waals surface area contributed by atoms with E-state index in [9.17, 15) is 18.9 Å². The Kier molecular flexibility index (Phi) is 6.70. The zero-order valence-corrected chi connectivity index (χ0v) is 16.4. The summed E-state index contributed by atoms with van der Waals surface area (Å²) in [5.41, 5.74) is 6.52. The molecule has 0 aliphatic heterocycles. The Hall–Kier alpha value is -4.09. The second-order valence-corrected chi connectivity index (χ2v) is 6.41. The van der Waals surface area contributed by atoms with Crippen molar-refractivity contribution in [3.05, 3.63) is 69.8 Å². The molecule has 0 fully saturated rings. The van der Waals surface area contributed by atoms with Gasteiger partial charge < -0.3 is 21.1 Å². The van der Waals surface area contributed by atoms with Crippen molar-refractivity contribution < 1.29 is 18.4 Å². The van der Waals surface area contributed by atoms with Gasteiger partial charge in [0.1, 0.15) is 12.4 Å². The summed E-state index contributed by atoms with van der Waals surface area (Å²) in [6.07, 6.45) is 0. The molecule has 0 saturated carbocycles. The molecule has 1 atom stereocenters. The first-order chi connectivity index (χ1) is 14.8. The van der Waals surface area contributed by atoms with Gasteiger partial charge in [-0.25, -0.2) is 8.78 Å². The highest BCUT2D eigenvalue weighted by Crippen LogP contribution is 2.21. The molecule has 3 rings (SSSR count). The van der Waals surface area contributed by atoms with Gasteiger partial charge >= 0.3 is 0 Å². The Balaban J connectivity index is 1.56. The first kappa shape index (κ1) is 21.6. The summed E-state index contributed by atoms with van der Waals surface area (Å²) < 4.78 is 31.4. The number of benzene rings is 2. The monoisotopic (exact) mass is 431 g/mol. The van der Waals surface area contributed by atoms with Gasteiger partial charge in [0.15, 0.2) is 11.6 Å². The molecule has 0 unspecified atom stereocenters. The van der Waals surface area contributed by atoms with Crippen LogP contribution in [0.4, 0.5) is 32.3 Å². The molecule has 12 heteroatoms. The van der Waals surface area contributed by atoms with E-state index in [-0.39, 0.29) is 48.5 Å². The number of hydrogen-bond donors (Lipinski definition) is 3. The smallest absolute Gasteiger partial charge is 0.269 e. The summed E-state index contributed by atoms with van der Waals surface area (Å²) in [7, 11) is 0. The zero-order valence-electron chi connectivity index (χ0n) is 16.4. The van der Waals surface area contributed by atoms with Gasteiger partial charge in [0.05, 0.1) is 17.5 Å². The van der Waals surface area contributed by atoms with Crippen LogP contribution in [0, 0.1) is 21.7 Å². The number of nitro groups is 1. The molecule has 162 valence electrons. The Morgan fingerprint density at radius 1 is 1.10 bits per heavy atom. The van der Waals surface area contributed by atoms with Crippen LogP contribution in [0.5, 0.6) is 5.75 Å². The molecular formula is C19H19F2N7O3. The van der Waals surface area contributed by atoms with E-state index in [1.54, 1.807) is 12.1 Å². The molecule has 31 heavy (non-hydrogen) atoms. The molecule has 0 amide bonds. The summed E-state index contributed by atoms with van der Waals surface area (Å²) in [4.78, 5) is 22.5. The fourth-order valence-corrected chi connectivity index (χ4v) is 2.60. The third-order valence-electron chi connectivity index (χ3n) is 4.15. The molecular weight excluding hydrogens is 412 g/mol. The molecule has 10 nitrogen and oxygen atoms in total. The van der Waals surface area contributed by atoms with Gasteiger partial charge in [0.25, 0.3) is 5.69 Å². The van der Waals surface area contributed by atoms with Crippen LogP contribution in [0.15, 0.2) is 42.5 Å². The number of hydrogen-bond acceptors (Lipinski definition) is 9. The lowest BCUT2D eigenvalue weighted by Crippen LogP contribution is -2.16. The van der Waals surface area contributed by atoms with E-state index in [4.69, 9.17) is 10.5 Å². The average Bonchev–Trinajstić information content (AvgIpc) is 2.73. The fourth-order valence-electron chi connectivity index (χ4n) is 2.60. The summed E-state index contributed by atoms with van der Waals surface area (Å²) >= 11 is 0. The molecule has 0 saturated heterocycles. The van der Waals surface area contributed by atoms with Crippen molar-refractivity contribution >= 4 is 23.5 Å². The Morgan fingerprint density at radius 2 is 1.81 bits per heavy atom. The van der Waals surface area contributed by atoms with E-state index in [0.717, 1.165) is 17.7 Å². The van der Waals surface area contributed by atoms with E-state index in [1.165, 1.54) is 18.2 Å². The highest BCUT2D eigenvalue weighted by molar-refractivity contribution is 5.42. The number of ether oxygens (including phenoxy) is 1. The number of nitrogen functional groups attached to an aromatic ring is 1. The topological polar surface area (TPSA) is 141 Å². The van der Waals surface area contributed by atoms with E-state index < -0.39 is 16.6 Å². The number of non-ortho nitro benzene ring substituents is 1. The number of rotatable bonds is 9. The molecule has 3 aromatic rings. The fraction of sp³-hybridized carbons (Fsp3) is 0.211. The predicted octanol–water partition coefficient (Wildman–Crippen LogP) is 3.30. The molecule has 0 aliphatic rings. The third-order valence-corrected chi connectivity index (χ3v) is 4.15. The average molecular weight is 431 g/mol. The van der Waals surface area contributed by atoms with Crippen LogP contribution in [-0.2, 0) is 0 Å². The van der Waals surface area contributed by atoms with Gasteiger partial charge in [0.2, 0.25) is 17.8 Å². The maximum Gasteiger partial charge on any atom is 0.269 e. The lowest BCUT2D eigenvalue weighted by atomic mass is 10.1. The van der Waals surface area contributed by atoms with Gasteiger partial charge in [-0.1, -0.05) is 12.1 Å². The summed E-state index contributed by atoms with van der Waals surface area (Å²) in [6.45, 7) is 2.24. The molecule has 0 spiro atoms. The highest BCUT2D eigenvalue weighted by Gasteiger charge is 2.12. The number of nitro benzene ring substituents is 1. The normalized spacial score (nSPS) is 11.6. The molecule has 0 bridgehead atoms. The van der Waals surface area contributed by atoms with Gasteiger partial charge in [-0.2, -0.15) is 15.0 Å². The molecule has 2 aromatic carbocycles. The van der Waals surface area contributed by atoms with E-state index in [2.05, 4.69) is 25.6 Å². The largest absolute Gasteiger partial charge is 0.492 e. The Labute approximate surface area is 175 Å². The minimum atomic E-state index is -0.992. The number of nitrogens with two attached hydrogens (primary N) is 1. The second kappa shape index (κ2) is 9.61. The van der Waals surface area contributed by atoms with Crippen molar-refractivity contribution in [3.63, 3.8) is 0 Å². The summed E-state index contributed by atoms with van der Waals surface area (Å²) in [6, 6.07) is 9.09. The van der Waals surface area contributed by atoms with Crippen molar-refractivity contribution in [2.75, 3.05) is 29.5 Å². The number of aromatic nitrogens is 3. The highest BCUT2D eigenvalue weighted by atomic mass is 19.2. The zero-order chi connectivity index (χ0) is 22.4. The maximum atomic E-state index is 13.2. The summed E-state index contributed by atoms with van der Waals surface area (Å²) in [5, 5.41) is 16.7. The van der Waals surface area contributed by atoms with Crippen LogP contribution in [0.1, 0.15) is 18.5 Å². The van der Waals surface area contributed by atoms with Crippen molar-refractivity contribution in [2.45, 2.75) is 13.0 Å². The van der Waals surface area contributed by atoms with Crippen molar-refractivity contribution in [1.29, 1.82) is 0 Å². The second-order valence-electron chi connectivity index (χ2n) is 6.41. The first-order valence-electron chi connectivity index (χ1n) is 9.16. The van der Waals surface area contributed by atoms with Crippen molar-refractivity contribution in [2.24, 2.45) is 0 Å². The quantitative estimate of drug-likeness (QED) is 0.264. The van der Waals surface area contributed by atoms with Crippen LogP contribution in [0.2, 0.25) is 0 Å². The number of nitrogens with one attached hydrogen (secondary N) is 2. The van der Waals surface area contributed by atoms with Crippen LogP contribution in [0.3, 0.4) is 0 Å². The SMILES string of the molecule is C[C@H](Nc1nc(N)nc(NCCOc2ccc(F)c(F)c2)n1)c1ccc([N+](=O)[O-])cc1. The van der Waals surface area contributed by atoms with E-state index in [0.29, 0.717) is 0 Å². The van der Waals surface area contributed by atoms with Gasteiger partial charge in [-0.05, 0) is 24.6 Å². The molecule has 1 heterocycles. The minimum absolute atomic E-state index is 0.00237. The van der Waals surface area contributed by atoms with Crippen LogP contribution in [-0.4, -0.2) is 33.0 Å². The van der Waals surface area contributed by atoms with Crippen LogP contribution >= 0.6 is 0 Å². The maximum absolute atomic E-state index is 13.2. The van der Waals surface area contributed by atoms with Gasteiger partial charge in [-0.3, -0.25) is 10.1 Å². The molecule has 4 N–H and O–H groups in total. The Morgan fingerprint density at radius 3 is 2.48 bits per heavy atom. The van der Waals surface area contributed by atoms with Gasteiger partial charge in [0, 0.05) is 18.2 Å². The lowest BCUT2D eigenvalue weighted by molar-refractivity contribution is -0.384. The Bertz CT molecular complexity index is 1070.